The van der Waals surface area contributed by atoms with Crippen molar-refractivity contribution in [1.82, 2.24) is 77.3 Å². The number of nitrogens with two attached hydrogens (primary N) is 2. The number of unbranched alkanes of at least 4 members (excludes halogenated alkanes) is 1. The normalized spacial score (nSPS) is 24.7. The number of aliphatic carboxylic acids is 2. The van der Waals surface area contributed by atoms with Gasteiger partial charge >= 0.3 is 11.9 Å². The Labute approximate surface area is 766 Å². The number of amides is 15. The number of thioether (sulfide) groups is 1. The summed E-state index contributed by atoms with van der Waals surface area (Å²) < 4.78 is 45.0. The Bertz CT molecular complexity index is 5220. The van der Waals surface area contributed by atoms with Gasteiger partial charge in [0.25, 0.3) is 0 Å². The van der Waals surface area contributed by atoms with Crippen molar-refractivity contribution in [2.45, 2.75) is 195 Å². The van der Waals surface area contributed by atoms with Crippen molar-refractivity contribution in [1.29, 1.82) is 0 Å². The molecule has 15 amide bonds. The first-order valence-corrected chi connectivity index (χ1v) is 44.3. The number of likely N-dealkylation sites (N-methyl/N-ethyl adjacent to an activating group) is 3. The van der Waals surface area contributed by atoms with E-state index in [2.05, 4.69) is 52.8 Å². The first kappa shape index (κ1) is 103. The van der Waals surface area contributed by atoms with Crippen LogP contribution in [0.1, 0.15) is 100.0 Å². The number of aromatic amines is 1. The van der Waals surface area contributed by atoms with Crippen molar-refractivity contribution < 1.29 is 120 Å². The molecule has 3 aliphatic rings. The largest absolute Gasteiger partial charge is 0.508 e. The number of aliphatic hydroxyl groups is 2. The number of benzene rings is 5. The van der Waals surface area contributed by atoms with Gasteiger partial charge in [-0.25, -0.2) is 13.2 Å². The maximum absolute atomic E-state index is 15.7. The maximum atomic E-state index is 15.7. The third-order valence-corrected chi connectivity index (χ3v) is 24.3. The monoisotopic (exact) mass is 1870 g/mol. The zero-order valence-corrected chi connectivity index (χ0v) is 74.7. The summed E-state index contributed by atoms with van der Waals surface area (Å²) in [6.07, 6.45) is -7.11. The number of carbonyl (C=O) groups is 17. The zero-order chi connectivity index (χ0) is 97.4. The van der Waals surface area contributed by atoms with Gasteiger partial charge in [0, 0.05) is 115 Å². The molecule has 716 valence electrons. The van der Waals surface area contributed by atoms with E-state index >= 15 is 51.9 Å². The molecule has 0 unspecified atom stereocenters. The quantitative estimate of drug-likeness (QED) is 0.0327. The maximum Gasteiger partial charge on any atom is 0.305 e. The predicted octanol–water partition coefficient (Wildman–Crippen LogP) is -1.42. The lowest BCUT2D eigenvalue weighted by Gasteiger charge is -2.38. The van der Waals surface area contributed by atoms with E-state index in [1.54, 1.807) is 91.9 Å². The molecule has 0 aliphatic carbocycles. The highest BCUT2D eigenvalue weighted by atomic mass is 32.2. The molecule has 19 N–H and O–H groups in total. The van der Waals surface area contributed by atoms with Crippen LogP contribution in [0.2, 0.25) is 0 Å². The molecule has 6 aromatic rings. The summed E-state index contributed by atoms with van der Waals surface area (Å²) in [6, 6.07) is 6.12. The summed E-state index contributed by atoms with van der Waals surface area (Å²) in [7, 11) is 3.52. The van der Waals surface area contributed by atoms with E-state index in [0.717, 1.165) is 38.6 Å². The standard InChI is InChI=1S/C90H112F3N17O22S/c1-7-8-23-67-89(131)110-44-55(113)38-70(110)85(127)102-63(39-75(118)119)81(123)105-77(47(2)3)90(132)107(5)68(34-48-17-11-9-12-18-48)83(125)99-60(28-29-74(116)117)87(129)109-43-54(112)37-69(109)84(126)101-62(36-52-41-96-59-22-16-15-21-56(52)59)80(122)100-61(32-50-24-26-53(111)27-25-50)79(121)103-65(40-94)82(124)104-66(78(120)97-42-72(95)114)45-133-46-73(115)98-64(33-51-30-57(91)76(93)58(92)31-51)86(128)108(6)71(88(130)106(67)4)35-49-19-13-10-14-20-49/h9-22,24-27,30-31,41,47,54-55,60-71,77,96,111-113H,7-8,23,28-29,32-40,42-46,94H2,1-6H3,(H2,95,114)(H,97,120)(H,98,115)(H,99,125)(H,100,122)(H,101,126)(H,102,127)(H,103,121)(H,104,124)(H,105,123)(H,116,117)(H,118,119)/t54-,55-,60-,61+,62+,63+,64+,65+,66+,67+,68-,69-,70-,71+,77+/m1/s1. The third-order valence-electron chi connectivity index (χ3n) is 23.2. The molecule has 9 rings (SSSR count). The molecule has 3 saturated heterocycles. The van der Waals surface area contributed by atoms with E-state index in [1.165, 1.54) is 51.4 Å². The molecule has 5 aromatic carbocycles. The van der Waals surface area contributed by atoms with E-state index in [9.17, 15) is 68.3 Å². The minimum absolute atomic E-state index is 0.155. The predicted molar refractivity (Wildman–Crippen MR) is 474 cm³/mol. The number of fused-ring (bicyclic) bond motifs is 3. The van der Waals surface area contributed by atoms with Crippen LogP contribution >= 0.6 is 11.8 Å². The van der Waals surface area contributed by atoms with E-state index in [0.29, 0.717) is 57.9 Å². The van der Waals surface area contributed by atoms with Gasteiger partial charge in [-0.05, 0) is 76.9 Å². The fourth-order valence-corrected chi connectivity index (χ4v) is 16.9. The van der Waals surface area contributed by atoms with Crippen molar-refractivity contribution in [2.24, 2.45) is 17.4 Å². The number of phenolic OH excluding ortho intramolecular Hbond substituents is 1. The fraction of sp³-hybridized carbons (Fsp3) is 0.456. The van der Waals surface area contributed by atoms with E-state index < -0.39 is 309 Å². The van der Waals surface area contributed by atoms with Crippen LogP contribution in [0, 0.1) is 23.4 Å². The van der Waals surface area contributed by atoms with Gasteiger partial charge in [0.1, 0.15) is 84.3 Å². The lowest BCUT2D eigenvalue weighted by atomic mass is 9.98. The van der Waals surface area contributed by atoms with Gasteiger partial charge in [-0.1, -0.05) is 125 Å². The van der Waals surface area contributed by atoms with Gasteiger partial charge < -0.3 is 114 Å². The van der Waals surface area contributed by atoms with Crippen LogP contribution in [0.4, 0.5) is 13.2 Å². The molecule has 4 heterocycles. The highest BCUT2D eigenvalue weighted by Crippen LogP contribution is 2.29. The van der Waals surface area contributed by atoms with Crippen LogP contribution in [0.3, 0.4) is 0 Å². The number of aromatic hydroxyl groups is 1. The van der Waals surface area contributed by atoms with Gasteiger partial charge in [0.05, 0.1) is 30.9 Å². The minimum atomic E-state index is -2.08. The molecule has 15 atom stereocenters. The highest BCUT2D eigenvalue weighted by molar-refractivity contribution is 8.00. The van der Waals surface area contributed by atoms with Crippen LogP contribution in [-0.2, 0) is 114 Å². The number of carbonyl (C=O) groups excluding carboxylic acids is 15. The van der Waals surface area contributed by atoms with E-state index in [4.69, 9.17) is 11.5 Å². The smallest absolute Gasteiger partial charge is 0.305 e. The second-order valence-corrected chi connectivity index (χ2v) is 34.4. The molecule has 3 aliphatic heterocycles. The van der Waals surface area contributed by atoms with Gasteiger partial charge in [-0.2, -0.15) is 0 Å². The summed E-state index contributed by atoms with van der Waals surface area (Å²) in [5.74, 6) is -27.6. The summed E-state index contributed by atoms with van der Waals surface area (Å²) in [5, 5.41) is 76.5. The molecule has 0 saturated carbocycles. The molecule has 133 heavy (non-hydrogen) atoms. The van der Waals surface area contributed by atoms with E-state index in [1.807, 2.05) is 0 Å². The SMILES string of the molecule is CCCC[C@H]1C(=O)N2C[C@H](O)C[C@@H]2C(=O)N[C@@H](CC(=O)O)C(=O)N[C@@H](C(C)C)C(=O)N(C)[C@H](Cc2ccccc2)C(=O)N[C@H](CCC(=O)O)C(=O)N2C[C@H](O)C[C@@H]2C(=O)N[C@@H](Cc2c[nH]c3ccccc23)C(=O)N[C@@H](Cc2ccc(O)cc2)C(=O)N[C@@H](CN)C(=O)N[C@H](C(=O)NCC(N)=O)CSCC(=O)N[C@@H](Cc2cc(F)c(F)c(F)c2)C(=O)N(C)[C@@H](Cc2ccccc2)C(=O)N1C. The number of rotatable bonds is 23. The average Bonchev–Trinajstić information content (AvgIpc) is 1.69. The Kier molecular flexibility index (Phi) is 37.3. The summed E-state index contributed by atoms with van der Waals surface area (Å²) in [4.78, 5) is 256. The van der Waals surface area contributed by atoms with Crippen LogP contribution < -0.4 is 59.3 Å². The Hall–Kier alpha value is -13.6. The number of hydrogen-bond acceptors (Lipinski definition) is 22. The van der Waals surface area contributed by atoms with Crippen molar-refractivity contribution in [2.75, 3.05) is 58.8 Å². The summed E-state index contributed by atoms with van der Waals surface area (Å²) in [6.45, 7) is 1.91. The van der Waals surface area contributed by atoms with Crippen LogP contribution in [0.25, 0.3) is 10.9 Å². The summed E-state index contributed by atoms with van der Waals surface area (Å²) in [5.41, 5.74) is 13.2. The lowest BCUT2D eigenvalue weighted by Crippen LogP contribution is -2.62. The number of halogens is 3. The second kappa shape index (κ2) is 48.0. The number of para-hydroxylation sites is 1. The average molecular weight is 1870 g/mol. The highest BCUT2D eigenvalue weighted by Gasteiger charge is 2.48. The number of H-pyrrole nitrogens is 1. The molecule has 1 aromatic heterocycles. The molecule has 43 heteroatoms. The van der Waals surface area contributed by atoms with Gasteiger partial charge in [0.2, 0.25) is 88.6 Å². The number of carboxylic acids is 2. The molecular weight excluding hydrogens is 1760 g/mol. The molecule has 0 radical (unpaired) electrons. The lowest BCUT2D eigenvalue weighted by molar-refractivity contribution is -0.152. The van der Waals surface area contributed by atoms with Crippen molar-refractivity contribution in [3.05, 3.63) is 173 Å². The Morgan fingerprint density at radius 2 is 1.02 bits per heavy atom. The first-order chi connectivity index (χ1) is 63.1. The van der Waals surface area contributed by atoms with E-state index in [-0.39, 0.29) is 37.0 Å². The minimum Gasteiger partial charge on any atom is -0.508 e. The number of carboxylic acid groups (broad SMARTS) is 2. The number of aliphatic hydroxyl groups excluding tert-OH is 2. The molecule has 3 fully saturated rings. The number of primary amides is 1. The van der Waals surface area contributed by atoms with Crippen molar-refractivity contribution in [3.63, 3.8) is 0 Å². The number of hydrogen-bond donors (Lipinski definition) is 17. The first-order valence-electron chi connectivity index (χ1n) is 43.2. The van der Waals surface area contributed by atoms with Crippen LogP contribution in [0.15, 0.2) is 128 Å². The number of aromatic nitrogens is 1. The van der Waals surface area contributed by atoms with Crippen molar-refractivity contribution >= 4 is 123 Å². The van der Waals surface area contributed by atoms with Gasteiger partial charge in [0.15, 0.2) is 17.5 Å². The molecule has 0 bridgehead atoms. The Balaban J connectivity index is 1.13. The van der Waals surface area contributed by atoms with Crippen molar-refractivity contribution in [3.8, 4) is 5.75 Å². The summed E-state index contributed by atoms with van der Waals surface area (Å²) >= 11 is 0.602. The zero-order valence-electron chi connectivity index (χ0n) is 73.9. The number of nitrogens with zero attached hydrogens (tertiary/aromatic N) is 5. The molecule has 0 spiro atoms. The Morgan fingerprint density at radius 1 is 0.519 bits per heavy atom. The molecular formula is C90H112F3N17O22S. The topological polar surface area (TPSA) is 584 Å². The number of phenols is 1. The number of nitrogens with one attached hydrogen (secondary N) is 10. The fourth-order valence-electron chi connectivity index (χ4n) is 16.0. The van der Waals surface area contributed by atoms with Crippen LogP contribution in [-0.4, -0.2) is 305 Å². The van der Waals surface area contributed by atoms with Crippen LogP contribution in [0.5, 0.6) is 5.75 Å². The van der Waals surface area contributed by atoms with Gasteiger partial charge in [-0.3, -0.25) is 81.5 Å². The second-order valence-electron chi connectivity index (χ2n) is 33.4. The third kappa shape index (κ3) is 28.3. The molecule has 39 nitrogen and oxygen atoms in total. The Morgan fingerprint density at radius 3 is 1.59 bits per heavy atom. The van der Waals surface area contributed by atoms with Gasteiger partial charge in [-0.15, -0.1) is 11.8 Å².